The lowest BCUT2D eigenvalue weighted by molar-refractivity contribution is 0.232. The van der Waals surface area contributed by atoms with E-state index in [2.05, 4.69) is 37.8 Å². The van der Waals surface area contributed by atoms with Gasteiger partial charge in [-0.1, -0.05) is 55.1 Å². The first-order valence-electron chi connectivity index (χ1n) is 6.19. The van der Waals surface area contributed by atoms with Gasteiger partial charge in [-0.3, -0.25) is 4.79 Å². The monoisotopic (exact) mass is 263 g/mol. The van der Waals surface area contributed by atoms with Crippen molar-refractivity contribution in [2.24, 2.45) is 0 Å². The van der Waals surface area contributed by atoms with Crippen LogP contribution in [0.1, 0.15) is 24.8 Å². The summed E-state index contributed by atoms with van der Waals surface area (Å²) < 4.78 is 0. The molecule has 18 heavy (non-hydrogen) atoms. The van der Waals surface area contributed by atoms with Gasteiger partial charge in [-0.15, -0.1) is 6.58 Å². The number of rotatable bonds is 6. The number of hydrogen-bond acceptors (Lipinski definition) is 2. The molecule has 0 aliphatic heterocycles. The first-order valence-corrected chi connectivity index (χ1v) is 7.17. The van der Waals surface area contributed by atoms with E-state index in [0.717, 1.165) is 13.0 Å². The predicted molar refractivity (Wildman–Crippen MR) is 80.2 cm³/mol. The van der Waals surface area contributed by atoms with Crippen LogP contribution in [0.2, 0.25) is 0 Å². The van der Waals surface area contributed by atoms with Crippen LogP contribution < -0.4 is 0 Å². The molecule has 1 aromatic rings. The van der Waals surface area contributed by atoms with E-state index in [9.17, 15) is 4.79 Å². The SMILES string of the molecule is C=CCSC(=O)N(C)CCC(C)c1ccccc1. The van der Waals surface area contributed by atoms with Crippen molar-refractivity contribution in [2.75, 3.05) is 19.3 Å². The van der Waals surface area contributed by atoms with Gasteiger partial charge in [0.2, 0.25) is 0 Å². The zero-order valence-electron chi connectivity index (χ0n) is 11.1. The molecule has 3 heteroatoms. The van der Waals surface area contributed by atoms with Gasteiger partial charge in [0.05, 0.1) is 0 Å². The van der Waals surface area contributed by atoms with Crippen LogP contribution in [0.3, 0.4) is 0 Å². The van der Waals surface area contributed by atoms with Gasteiger partial charge >= 0.3 is 0 Å². The van der Waals surface area contributed by atoms with Crippen molar-refractivity contribution in [1.82, 2.24) is 4.90 Å². The molecule has 0 aliphatic carbocycles. The minimum atomic E-state index is 0.121. The Bertz CT molecular complexity index is 377. The van der Waals surface area contributed by atoms with E-state index < -0.39 is 0 Å². The summed E-state index contributed by atoms with van der Waals surface area (Å²) in [4.78, 5) is 13.5. The Morgan fingerprint density at radius 1 is 1.44 bits per heavy atom. The normalized spacial score (nSPS) is 11.9. The van der Waals surface area contributed by atoms with Gasteiger partial charge in [-0.2, -0.15) is 0 Å². The Balaban J connectivity index is 2.36. The lowest BCUT2D eigenvalue weighted by atomic mass is 9.98. The molecule has 0 bridgehead atoms. The highest BCUT2D eigenvalue weighted by Gasteiger charge is 2.11. The van der Waals surface area contributed by atoms with E-state index in [0.29, 0.717) is 11.7 Å². The Morgan fingerprint density at radius 3 is 2.72 bits per heavy atom. The van der Waals surface area contributed by atoms with E-state index in [1.807, 2.05) is 13.1 Å². The van der Waals surface area contributed by atoms with Crippen molar-refractivity contribution < 1.29 is 4.79 Å². The van der Waals surface area contributed by atoms with Gasteiger partial charge in [0.15, 0.2) is 0 Å². The van der Waals surface area contributed by atoms with Crippen molar-refractivity contribution in [3.8, 4) is 0 Å². The molecule has 0 aliphatic rings. The van der Waals surface area contributed by atoms with Gasteiger partial charge in [-0.05, 0) is 17.9 Å². The van der Waals surface area contributed by atoms with Gasteiger partial charge in [0, 0.05) is 19.3 Å². The summed E-state index contributed by atoms with van der Waals surface area (Å²) in [6.07, 6.45) is 2.74. The maximum atomic E-state index is 11.7. The molecule has 0 heterocycles. The average Bonchev–Trinajstić information content (AvgIpc) is 2.42. The molecule has 0 N–H and O–H groups in total. The zero-order chi connectivity index (χ0) is 13.4. The fourth-order valence-electron chi connectivity index (χ4n) is 1.67. The summed E-state index contributed by atoms with van der Waals surface area (Å²) in [6.45, 7) is 6.60. The molecule has 1 rings (SSSR count). The minimum absolute atomic E-state index is 0.121. The molecule has 98 valence electrons. The largest absolute Gasteiger partial charge is 0.337 e. The van der Waals surface area contributed by atoms with Crippen molar-refractivity contribution in [3.63, 3.8) is 0 Å². The number of nitrogens with zero attached hydrogens (tertiary/aromatic N) is 1. The summed E-state index contributed by atoms with van der Waals surface area (Å²) in [7, 11) is 1.86. The van der Waals surface area contributed by atoms with E-state index in [1.165, 1.54) is 17.3 Å². The highest BCUT2D eigenvalue weighted by molar-refractivity contribution is 8.13. The summed E-state index contributed by atoms with van der Waals surface area (Å²) in [5.74, 6) is 1.16. The van der Waals surface area contributed by atoms with Crippen molar-refractivity contribution in [2.45, 2.75) is 19.3 Å². The molecule has 1 unspecified atom stereocenters. The molecule has 0 saturated carbocycles. The lowest BCUT2D eigenvalue weighted by Crippen LogP contribution is -2.25. The number of thioether (sulfide) groups is 1. The molecular weight excluding hydrogens is 242 g/mol. The smallest absolute Gasteiger partial charge is 0.281 e. The standard InChI is InChI=1S/C15H21NOS/c1-4-12-18-15(17)16(3)11-10-13(2)14-8-6-5-7-9-14/h4-9,13H,1,10-12H2,2-3H3. The Kier molecular flexibility index (Phi) is 6.58. The summed E-state index contributed by atoms with van der Waals surface area (Å²) >= 11 is 1.30. The van der Waals surface area contributed by atoms with E-state index in [1.54, 1.807) is 11.0 Å². The zero-order valence-corrected chi connectivity index (χ0v) is 12.0. The summed E-state index contributed by atoms with van der Waals surface area (Å²) in [5.41, 5.74) is 1.33. The summed E-state index contributed by atoms with van der Waals surface area (Å²) in [5, 5.41) is 0.121. The van der Waals surface area contributed by atoms with Crippen LogP contribution in [0.25, 0.3) is 0 Å². The quantitative estimate of drug-likeness (QED) is 0.719. The van der Waals surface area contributed by atoms with E-state index in [4.69, 9.17) is 0 Å². The molecule has 0 spiro atoms. The Morgan fingerprint density at radius 2 is 2.11 bits per heavy atom. The number of benzene rings is 1. The van der Waals surface area contributed by atoms with Crippen LogP contribution in [0.5, 0.6) is 0 Å². The second kappa shape index (κ2) is 7.98. The highest BCUT2D eigenvalue weighted by atomic mass is 32.2. The summed E-state index contributed by atoms with van der Waals surface area (Å²) in [6, 6.07) is 10.4. The first-order chi connectivity index (χ1) is 8.65. The topological polar surface area (TPSA) is 20.3 Å². The second-order valence-corrected chi connectivity index (χ2v) is 5.36. The molecule has 1 aromatic carbocycles. The van der Waals surface area contributed by atoms with E-state index in [-0.39, 0.29) is 5.24 Å². The van der Waals surface area contributed by atoms with E-state index >= 15 is 0 Å². The molecule has 0 radical (unpaired) electrons. The minimum Gasteiger partial charge on any atom is -0.337 e. The number of carbonyl (C=O) groups is 1. The fraction of sp³-hybridized carbons (Fsp3) is 0.400. The Hall–Kier alpha value is -1.22. The van der Waals surface area contributed by atoms with Crippen molar-refractivity contribution in [1.29, 1.82) is 0 Å². The number of amides is 1. The molecule has 2 nitrogen and oxygen atoms in total. The van der Waals surface area contributed by atoms with Crippen molar-refractivity contribution in [3.05, 3.63) is 48.6 Å². The molecule has 0 saturated heterocycles. The number of hydrogen-bond donors (Lipinski definition) is 0. The Labute approximate surface area is 114 Å². The van der Waals surface area contributed by atoms with Crippen molar-refractivity contribution >= 4 is 17.0 Å². The van der Waals surface area contributed by atoms with Crippen LogP contribution in [-0.4, -0.2) is 29.5 Å². The second-order valence-electron chi connectivity index (χ2n) is 4.39. The highest BCUT2D eigenvalue weighted by Crippen LogP contribution is 2.19. The first kappa shape index (κ1) is 14.8. The van der Waals surface area contributed by atoms with Gasteiger partial charge in [0.1, 0.15) is 0 Å². The lowest BCUT2D eigenvalue weighted by Gasteiger charge is -2.19. The fourth-order valence-corrected chi connectivity index (χ4v) is 2.24. The maximum Gasteiger partial charge on any atom is 0.281 e. The van der Waals surface area contributed by atoms with Crippen LogP contribution in [0.4, 0.5) is 4.79 Å². The maximum absolute atomic E-state index is 11.7. The third-order valence-electron chi connectivity index (χ3n) is 2.90. The molecule has 0 aromatic heterocycles. The van der Waals surface area contributed by atoms with Crippen LogP contribution in [0.15, 0.2) is 43.0 Å². The molecule has 1 amide bonds. The molecule has 1 atom stereocenters. The molecular formula is C15H21NOS. The third kappa shape index (κ3) is 4.96. The average molecular weight is 263 g/mol. The molecule has 0 fully saturated rings. The van der Waals surface area contributed by atoms with Gasteiger partial charge in [-0.25, -0.2) is 0 Å². The predicted octanol–water partition coefficient (Wildman–Crippen LogP) is 4.15. The number of carbonyl (C=O) groups excluding carboxylic acids is 1. The third-order valence-corrected chi connectivity index (χ3v) is 3.86. The van der Waals surface area contributed by atoms with Crippen LogP contribution >= 0.6 is 11.8 Å². The van der Waals surface area contributed by atoms with Crippen LogP contribution in [-0.2, 0) is 0 Å². The van der Waals surface area contributed by atoms with Crippen LogP contribution in [0, 0.1) is 0 Å². The van der Waals surface area contributed by atoms with Gasteiger partial charge < -0.3 is 4.90 Å². The van der Waals surface area contributed by atoms with Gasteiger partial charge in [0.25, 0.3) is 5.24 Å².